The second-order valence-corrected chi connectivity index (χ2v) is 13.3. The minimum atomic E-state index is 1.10. The number of aromatic nitrogens is 1. The van der Waals surface area contributed by atoms with Gasteiger partial charge in [-0.05, 0) is 81.6 Å². The minimum absolute atomic E-state index is 1.10. The van der Waals surface area contributed by atoms with Crippen molar-refractivity contribution in [3.8, 4) is 27.9 Å². The summed E-state index contributed by atoms with van der Waals surface area (Å²) in [7, 11) is 0. The summed E-state index contributed by atoms with van der Waals surface area (Å²) < 4.78 is 2.46. The molecule has 0 amide bonds. The van der Waals surface area contributed by atoms with Crippen molar-refractivity contribution in [2.75, 3.05) is 4.90 Å². The van der Waals surface area contributed by atoms with E-state index >= 15 is 0 Å². The highest BCUT2D eigenvalue weighted by Gasteiger charge is 2.20. The maximum absolute atomic E-state index is 2.46. The second-order valence-electron chi connectivity index (χ2n) is 13.3. The van der Waals surface area contributed by atoms with Gasteiger partial charge in [-0.25, -0.2) is 0 Å². The van der Waals surface area contributed by atoms with Crippen LogP contribution in [0.3, 0.4) is 0 Å². The lowest BCUT2D eigenvalue weighted by Crippen LogP contribution is -2.11. The van der Waals surface area contributed by atoms with Crippen LogP contribution >= 0.6 is 0 Å². The molecule has 0 aliphatic rings. The van der Waals surface area contributed by atoms with E-state index in [2.05, 4.69) is 216 Å². The third kappa shape index (κ3) is 4.96. The zero-order valence-corrected chi connectivity index (χ0v) is 28.5. The number of nitrogens with zero attached hydrogens (tertiary/aromatic N) is 2. The van der Waals surface area contributed by atoms with Crippen molar-refractivity contribution in [1.29, 1.82) is 0 Å². The van der Waals surface area contributed by atoms with Gasteiger partial charge in [0, 0.05) is 32.9 Å². The van der Waals surface area contributed by atoms with Gasteiger partial charge in [0.2, 0.25) is 0 Å². The summed E-state index contributed by atoms with van der Waals surface area (Å²) in [6.07, 6.45) is 0. The number of benzene rings is 9. The van der Waals surface area contributed by atoms with Crippen LogP contribution in [0.15, 0.2) is 206 Å². The molecule has 0 radical (unpaired) electrons. The summed E-state index contributed by atoms with van der Waals surface area (Å²) >= 11 is 0. The van der Waals surface area contributed by atoms with Gasteiger partial charge < -0.3 is 9.47 Å². The van der Waals surface area contributed by atoms with Crippen LogP contribution in [0.4, 0.5) is 17.1 Å². The summed E-state index contributed by atoms with van der Waals surface area (Å²) in [6, 6.07) is 74.6. The maximum atomic E-state index is 2.46. The van der Waals surface area contributed by atoms with Crippen LogP contribution in [0.2, 0.25) is 0 Å². The van der Waals surface area contributed by atoms with Crippen molar-refractivity contribution in [2.24, 2.45) is 0 Å². The van der Waals surface area contributed by atoms with E-state index in [1.54, 1.807) is 0 Å². The predicted molar refractivity (Wildman–Crippen MR) is 221 cm³/mol. The summed E-state index contributed by atoms with van der Waals surface area (Å²) in [5.74, 6) is 0. The zero-order chi connectivity index (χ0) is 34.4. The lowest BCUT2D eigenvalue weighted by Gasteiger charge is -2.28. The second kappa shape index (κ2) is 12.5. The highest BCUT2D eigenvalue weighted by Crippen LogP contribution is 2.44. The van der Waals surface area contributed by atoms with Crippen LogP contribution in [-0.2, 0) is 0 Å². The molecule has 244 valence electrons. The Morgan fingerprint density at radius 3 is 1.44 bits per heavy atom. The van der Waals surface area contributed by atoms with Gasteiger partial charge in [-0.15, -0.1) is 0 Å². The Labute approximate surface area is 303 Å². The first-order valence-corrected chi connectivity index (χ1v) is 17.9. The molecule has 10 aromatic rings. The number of hydrogen-bond donors (Lipinski definition) is 0. The molecule has 0 atom stereocenters. The van der Waals surface area contributed by atoms with E-state index in [-0.39, 0.29) is 0 Å². The average molecular weight is 663 g/mol. The van der Waals surface area contributed by atoms with E-state index in [0.29, 0.717) is 0 Å². The van der Waals surface area contributed by atoms with Crippen LogP contribution in [0.25, 0.3) is 71.3 Å². The molecule has 2 nitrogen and oxygen atoms in total. The van der Waals surface area contributed by atoms with Gasteiger partial charge in [-0.3, -0.25) is 0 Å². The topological polar surface area (TPSA) is 8.17 Å². The van der Waals surface area contributed by atoms with Crippen LogP contribution in [-0.4, -0.2) is 4.57 Å². The SMILES string of the molecule is c1ccc(-c2ccc(N(c3ccc(-c4ccccc4)cc3)c3ccc(-n4c5ccccc5c5c6ccccc6ccc54)c4ccccc34)cc2)cc1. The molecule has 1 heterocycles. The molecule has 0 spiro atoms. The van der Waals surface area contributed by atoms with Crippen LogP contribution in [0, 0.1) is 0 Å². The van der Waals surface area contributed by atoms with E-state index in [0.717, 1.165) is 17.1 Å². The Kier molecular flexibility index (Phi) is 7.18. The molecule has 0 saturated carbocycles. The van der Waals surface area contributed by atoms with Crippen LogP contribution < -0.4 is 4.90 Å². The average Bonchev–Trinajstić information content (AvgIpc) is 3.57. The highest BCUT2D eigenvalue weighted by molar-refractivity contribution is 6.22. The van der Waals surface area contributed by atoms with Crippen molar-refractivity contribution in [3.05, 3.63) is 206 Å². The molecule has 1 aromatic heterocycles. The Morgan fingerprint density at radius 2 is 0.808 bits per heavy atom. The fraction of sp³-hybridized carbons (Fsp3) is 0. The molecule has 9 aromatic carbocycles. The van der Waals surface area contributed by atoms with Crippen molar-refractivity contribution in [3.63, 3.8) is 0 Å². The Hall–Kier alpha value is -6.90. The minimum Gasteiger partial charge on any atom is -0.310 e. The van der Waals surface area contributed by atoms with Gasteiger partial charge in [0.05, 0.1) is 22.4 Å². The van der Waals surface area contributed by atoms with Gasteiger partial charge in [0.15, 0.2) is 0 Å². The monoisotopic (exact) mass is 662 g/mol. The van der Waals surface area contributed by atoms with Gasteiger partial charge in [-0.2, -0.15) is 0 Å². The predicted octanol–water partition coefficient (Wildman–Crippen LogP) is 13.9. The lowest BCUT2D eigenvalue weighted by atomic mass is 10.0. The maximum Gasteiger partial charge on any atom is 0.0547 e. The van der Waals surface area contributed by atoms with E-state index in [4.69, 9.17) is 0 Å². The standard InChI is InChI=1S/C50H34N2/c1-3-13-35(14-4-1)37-23-28-40(29-24-37)51(41-30-25-38(26-31-41)36-15-5-2-6-16-36)47-33-34-48(44-20-10-9-19-43(44)47)52-46-22-12-11-21-45(46)50-42-18-8-7-17-39(42)27-32-49(50)52/h1-34H. The van der Waals surface area contributed by atoms with Crippen molar-refractivity contribution >= 4 is 60.4 Å². The van der Waals surface area contributed by atoms with E-state index in [1.165, 1.54) is 71.3 Å². The zero-order valence-electron chi connectivity index (χ0n) is 28.5. The van der Waals surface area contributed by atoms with Crippen molar-refractivity contribution < 1.29 is 0 Å². The van der Waals surface area contributed by atoms with Crippen LogP contribution in [0.1, 0.15) is 0 Å². The fourth-order valence-electron chi connectivity index (χ4n) is 7.95. The molecule has 0 bridgehead atoms. The molecule has 52 heavy (non-hydrogen) atoms. The van der Waals surface area contributed by atoms with Crippen molar-refractivity contribution in [2.45, 2.75) is 0 Å². The number of hydrogen-bond acceptors (Lipinski definition) is 1. The molecule has 0 fully saturated rings. The van der Waals surface area contributed by atoms with Crippen molar-refractivity contribution in [1.82, 2.24) is 4.57 Å². The molecular weight excluding hydrogens is 629 g/mol. The molecule has 0 aliphatic carbocycles. The number of anilines is 3. The van der Waals surface area contributed by atoms with Gasteiger partial charge in [0.25, 0.3) is 0 Å². The summed E-state index contributed by atoms with van der Waals surface area (Å²) in [5, 5.41) is 7.47. The summed E-state index contributed by atoms with van der Waals surface area (Å²) in [6.45, 7) is 0. The first-order chi connectivity index (χ1) is 25.8. The molecular formula is C50H34N2. The summed E-state index contributed by atoms with van der Waals surface area (Å²) in [5.41, 5.74) is 11.7. The number of para-hydroxylation sites is 1. The summed E-state index contributed by atoms with van der Waals surface area (Å²) in [4.78, 5) is 2.40. The first kappa shape index (κ1) is 30.0. The molecule has 2 heteroatoms. The first-order valence-electron chi connectivity index (χ1n) is 17.9. The molecule has 0 saturated heterocycles. The normalized spacial score (nSPS) is 11.5. The van der Waals surface area contributed by atoms with Gasteiger partial charge in [0.1, 0.15) is 0 Å². The third-order valence-electron chi connectivity index (χ3n) is 10.4. The third-order valence-corrected chi connectivity index (χ3v) is 10.4. The fourth-order valence-corrected chi connectivity index (χ4v) is 7.95. The Balaban J connectivity index is 1.18. The largest absolute Gasteiger partial charge is 0.310 e. The Morgan fingerprint density at radius 1 is 0.308 bits per heavy atom. The van der Waals surface area contributed by atoms with E-state index < -0.39 is 0 Å². The molecule has 0 unspecified atom stereocenters. The van der Waals surface area contributed by atoms with Gasteiger partial charge >= 0.3 is 0 Å². The molecule has 10 rings (SSSR count). The van der Waals surface area contributed by atoms with Crippen LogP contribution in [0.5, 0.6) is 0 Å². The number of fused-ring (bicyclic) bond motifs is 6. The van der Waals surface area contributed by atoms with E-state index in [1.807, 2.05) is 0 Å². The quantitative estimate of drug-likeness (QED) is 0.172. The lowest BCUT2D eigenvalue weighted by molar-refractivity contribution is 1.19. The number of rotatable bonds is 6. The van der Waals surface area contributed by atoms with Gasteiger partial charge in [-0.1, -0.05) is 158 Å². The molecule has 0 N–H and O–H groups in total. The molecule has 0 aliphatic heterocycles. The Bertz CT molecular complexity index is 2790. The highest BCUT2D eigenvalue weighted by atomic mass is 15.1. The smallest absolute Gasteiger partial charge is 0.0547 e. The van der Waals surface area contributed by atoms with E-state index in [9.17, 15) is 0 Å².